The minimum absolute atomic E-state index is 0.00882. The first-order chi connectivity index (χ1) is 20.1. The summed E-state index contributed by atoms with van der Waals surface area (Å²) in [5.74, 6) is 0.398. The fourth-order valence-corrected chi connectivity index (χ4v) is 7.74. The summed E-state index contributed by atoms with van der Waals surface area (Å²) in [6, 6.07) is 42.6. The number of para-hydroxylation sites is 3. The molecule has 5 aromatic carbocycles. The molecule has 3 aliphatic rings. The quantitative estimate of drug-likeness (QED) is 0.218. The van der Waals surface area contributed by atoms with Crippen LogP contribution in [0.5, 0.6) is 0 Å². The van der Waals surface area contributed by atoms with Gasteiger partial charge in [0.25, 0.3) is 0 Å². The van der Waals surface area contributed by atoms with Gasteiger partial charge >= 0.3 is 0 Å². The Balaban J connectivity index is 1.16. The summed E-state index contributed by atoms with van der Waals surface area (Å²) < 4.78 is 2.39. The SMILES string of the molecule is CC1(C)C2=C3C(CC=C2)c2cc(-c4ccc(-n5c6ccccc6c6ccccc65)cc4)ccc2N3c2ccccc21. The standard InChI is InChI=1S/C39H30N2/c1-39(2)32-13-5-8-17-37(32)41-36-23-20-26(24-31(36)30-12-9-14-33(39)38(30)41)25-18-21-27(22-19-25)40-34-15-6-3-10-28(34)29-11-4-7-16-35(29)40/h3-11,13-24,30H,12H2,1-2H3. The van der Waals surface area contributed by atoms with Crippen LogP contribution in [-0.4, -0.2) is 4.57 Å². The summed E-state index contributed by atoms with van der Waals surface area (Å²) >= 11 is 0. The van der Waals surface area contributed by atoms with E-state index in [9.17, 15) is 0 Å². The second-order valence-corrected chi connectivity index (χ2v) is 12.2. The molecule has 0 N–H and O–H groups in total. The van der Waals surface area contributed by atoms with Crippen LogP contribution in [0.25, 0.3) is 38.6 Å². The molecule has 3 heterocycles. The average Bonchev–Trinajstić information content (AvgIpc) is 3.53. The van der Waals surface area contributed by atoms with Gasteiger partial charge in [0.2, 0.25) is 0 Å². The molecule has 0 saturated heterocycles. The minimum Gasteiger partial charge on any atom is -0.313 e. The number of anilines is 2. The lowest BCUT2D eigenvalue weighted by Gasteiger charge is -2.42. The van der Waals surface area contributed by atoms with Gasteiger partial charge in [-0.2, -0.15) is 0 Å². The van der Waals surface area contributed by atoms with E-state index in [-0.39, 0.29) is 5.41 Å². The van der Waals surface area contributed by atoms with E-state index < -0.39 is 0 Å². The lowest BCUT2D eigenvalue weighted by molar-refractivity contribution is 0.598. The smallest absolute Gasteiger partial charge is 0.0541 e. The van der Waals surface area contributed by atoms with Crippen LogP contribution in [0.1, 0.15) is 37.3 Å². The largest absolute Gasteiger partial charge is 0.313 e. The highest BCUT2D eigenvalue weighted by atomic mass is 15.2. The van der Waals surface area contributed by atoms with Crippen molar-refractivity contribution >= 4 is 33.2 Å². The van der Waals surface area contributed by atoms with E-state index in [2.05, 4.69) is 151 Å². The number of nitrogens with zero attached hydrogens (tertiary/aromatic N) is 2. The number of benzene rings is 5. The molecule has 1 atom stereocenters. The predicted octanol–water partition coefficient (Wildman–Crippen LogP) is 10.2. The first kappa shape index (κ1) is 22.9. The third-order valence-corrected chi connectivity index (χ3v) is 9.68. The molecule has 2 heteroatoms. The minimum atomic E-state index is -0.00882. The van der Waals surface area contributed by atoms with Gasteiger partial charge in [-0.3, -0.25) is 0 Å². The Bertz CT molecular complexity index is 2050. The second-order valence-electron chi connectivity index (χ2n) is 12.2. The van der Waals surface area contributed by atoms with Crippen LogP contribution in [0.2, 0.25) is 0 Å². The van der Waals surface area contributed by atoms with Crippen molar-refractivity contribution in [2.75, 3.05) is 4.90 Å². The van der Waals surface area contributed by atoms with Gasteiger partial charge in [0, 0.05) is 44.9 Å². The summed E-state index contributed by atoms with van der Waals surface area (Å²) in [4.78, 5) is 2.55. The maximum Gasteiger partial charge on any atom is 0.0541 e. The Morgan fingerprint density at radius 3 is 2.07 bits per heavy atom. The maximum absolute atomic E-state index is 2.55. The highest BCUT2D eigenvalue weighted by Gasteiger charge is 2.46. The van der Waals surface area contributed by atoms with Gasteiger partial charge in [-0.25, -0.2) is 0 Å². The molecule has 9 rings (SSSR count). The van der Waals surface area contributed by atoms with E-state index >= 15 is 0 Å². The van der Waals surface area contributed by atoms with Crippen molar-refractivity contribution in [1.29, 1.82) is 0 Å². The van der Waals surface area contributed by atoms with Crippen LogP contribution in [0.15, 0.2) is 139 Å². The van der Waals surface area contributed by atoms with E-state index in [0.717, 1.165) is 6.42 Å². The molecule has 1 aliphatic carbocycles. The molecule has 0 bridgehead atoms. The molecule has 6 aromatic rings. The van der Waals surface area contributed by atoms with Crippen molar-refractivity contribution in [1.82, 2.24) is 4.57 Å². The Hall–Kier alpha value is -4.82. The number of fused-ring (bicyclic) bond motifs is 8. The van der Waals surface area contributed by atoms with Crippen LogP contribution in [-0.2, 0) is 5.41 Å². The third-order valence-electron chi connectivity index (χ3n) is 9.68. The van der Waals surface area contributed by atoms with Gasteiger partial charge in [0.05, 0.1) is 11.0 Å². The molecular formula is C39H30N2. The van der Waals surface area contributed by atoms with Gasteiger partial charge < -0.3 is 9.47 Å². The zero-order valence-electron chi connectivity index (χ0n) is 23.3. The molecule has 1 unspecified atom stereocenters. The van der Waals surface area contributed by atoms with Gasteiger partial charge in [0.15, 0.2) is 0 Å². The number of rotatable bonds is 2. The van der Waals surface area contributed by atoms with Crippen molar-refractivity contribution in [3.63, 3.8) is 0 Å². The Morgan fingerprint density at radius 2 is 1.32 bits per heavy atom. The number of hydrogen-bond acceptors (Lipinski definition) is 1. The van der Waals surface area contributed by atoms with E-state index in [4.69, 9.17) is 0 Å². The topological polar surface area (TPSA) is 8.17 Å². The molecule has 0 fully saturated rings. The number of hydrogen-bond donors (Lipinski definition) is 0. The fraction of sp³-hybridized carbons (Fsp3) is 0.128. The maximum atomic E-state index is 2.55. The van der Waals surface area contributed by atoms with Crippen LogP contribution >= 0.6 is 0 Å². The van der Waals surface area contributed by atoms with Crippen molar-refractivity contribution in [2.24, 2.45) is 0 Å². The Morgan fingerprint density at radius 1 is 0.659 bits per heavy atom. The van der Waals surface area contributed by atoms with Crippen molar-refractivity contribution in [3.8, 4) is 16.8 Å². The van der Waals surface area contributed by atoms with Crippen LogP contribution < -0.4 is 4.90 Å². The normalized spacial score (nSPS) is 18.1. The molecule has 0 radical (unpaired) electrons. The first-order valence-electron chi connectivity index (χ1n) is 14.6. The number of aromatic nitrogens is 1. The van der Waals surface area contributed by atoms with Crippen LogP contribution in [0, 0.1) is 0 Å². The van der Waals surface area contributed by atoms with Crippen LogP contribution in [0.4, 0.5) is 11.4 Å². The average molecular weight is 527 g/mol. The van der Waals surface area contributed by atoms with Gasteiger partial charge in [0.1, 0.15) is 0 Å². The Labute approximate surface area is 240 Å². The zero-order chi connectivity index (χ0) is 27.3. The highest BCUT2D eigenvalue weighted by molar-refractivity contribution is 6.09. The van der Waals surface area contributed by atoms with Crippen molar-refractivity contribution in [2.45, 2.75) is 31.6 Å². The summed E-state index contributed by atoms with van der Waals surface area (Å²) in [5.41, 5.74) is 14.6. The zero-order valence-corrected chi connectivity index (χ0v) is 23.3. The fourth-order valence-electron chi connectivity index (χ4n) is 7.74. The highest BCUT2D eigenvalue weighted by Crippen LogP contribution is 2.59. The molecule has 0 spiro atoms. The molecule has 0 amide bonds. The molecule has 41 heavy (non-hydrogen) atoms. The second kappa shape index (κ2) is 8.11. The first-order valence-corrected chi connectivity index (χ1v) is 14.6. The molecule has 2 nitrogen and oxygen atoms in total. The van der Waals surface area contributed by atoms with Crippen LogP contribution in [0.3, 0.4) is 0 Å². The van der Waals surface area contributed by atoms with Gasteiger partial charge in [-0.15, -0.1) is 0 Å². The molecule has 0 saturated carbocycles. The summed E-state index contributed by atoms with van der Waals surface area (Å²) in [6.07, 6.45) is 5.82. The monoisotopic (exact) mass is 526 g/mol. The van der Waals surface area contributed by atoms with E-state index in [1.54, 1.807) is 0 Å². The van der Waals surface area contributed by atoms with E-state index in [1.165, 1.54) is 72.4 Å². The lowest BCUT2D eigenvalue weighted by Crippen LogP contribution is -2.33. The lowest BCUT2D eigenvalue weighted by atomic mass is 9.70. The molecule has 1 aromatic heterocycles. The summed E-state index contributed by atoms with van der Waals surface area (Å²) in [7, 11) is 0. The molecular weight excluding hydrogens is 496 g/mol. The third kappa shape index (κ3) is 3.02. The van der Waals surface area contributed by atoms with Gasteiger partial charge in [-0.1, -0.05) is 98.8 Å². The molecule has 196 valence electrons. The van der Waals surface area contributed by atoms with E-state index in [1.807, 2.05) is 0 Å². The summed E-state index contributed by atoms with van der Waals surface area (Å²) in [6.45, 7) is 4.76. The number of allylic oxidation sites excluding steroid dienone is 4. The van der Waals surface area contributed by atoms with Crippen molar-refractivity contribution < 1.29 is 0 Å². The summed E-state index contributed by atoms with van der Waals surface area (Å²) in [5, 5.41) is 2.59. The predicted molar refractivity (Wildman–Crippen MR) is 171 cm³/mol. The molecule has 2 aliphatic heterocycles. The van der Waals surface area contributed by atoms with Gasteiger partial charge in [-0.05, 0) is 76.7 Å². The van der Waals surface area contributed by atoms with E-state index in [0.29, 0.717) is 5.92 Å². The van der Waals surface area contributed by atoms with Crippen molar-refractivity contribution in [3.05, 3.63) is 150 Å². The Kier molecular flexibility index (Phi) is 4.54.